The van der Waals surface area contributed by atoms with Crippen molar-refractivity contribution in [3.8, 4) is 0 Å². The van der Waals surface area contributed by atoms with E-state index < -0.39 is 8.32 Å². The van der Waals surface area contributed by atoms with Crippen LogP contribution in [0.3, 0.4) is 0 Å². The summed E-state index contributed by atoms with van der Waals surface area (Å²) in [6, 6.07) is 0. The molecule has 0 radical (unpaired) electrons. The fourth-order valence-electron chi connectivity index (χ4n) is 2.61. The topological polar surface area (TPSA) is 9.23 Å². The van der Waals surface area contributed by atoms with Gasteiger partial charge in [0, 0.05) is 6.10 Å². The van der Waals surface area contributed by atoms with E-state index in [1.807, 2.05) is 0 Å². The molecular formula is C13H28OSi. The number of hydrogen-bond acceptors (Lipinski definition) is 1. The summed E-state index contributed by atoms with van der Waals surface area (Å²) in [5.74, 6) is 1.88. The molecule has 1 atom stereocenters. The summed E-state index contributed by atoms with van der Waals surface area (Å²) in [5, 5.41) is 0. The second-order valence-electron chi connectivity index (χ2n) is 6.15. The zero-order valence-corrected chi connectivity index (χ0v) is 12.2. The van der Waals surface area contributed by atoms with Gasteiger partial charge in [-0.1, -0.05) is 20.3 Å². The Kier molecular flexibility index (Phi) is 4.85. The predicted octanol–water partition coefficient (Wildman–Crippen LogP) is 4.44. The molecular weight excluding hydrogens is 200 g/mol. The van der Waals surface area contributed by atoms with Crippen molar-refractivity contribution in [3.63, 3.8) is 0 Å². The first-order valence-corrected chi connectivity index (χ1v) is 10.0. The van der Waals surface area contributed by atoms with Gasteiger partial charge in [0.15, 0.2) is 8.32 Å². The molecule has 0 amide bonds. The standard InChI is InChI=1S/C13H28OSi/c1-6-11(2)12-7-9-13(10-8-12)14-15(3,4)5/h11-13H,6-10H2,1-5H3. The summed E-state index contributed by atoms with van der Waals surface area (Å²) in [6.07, 6.45) is 7.31. The first-order valence-electron chi connectivity index (χ1n) is 6.60. The van der Waals surface area contributed by atoms with Gasteiger partial charge < -0.3 is 4.43 Å². The Balaban J connectivity index is 2.30. The quantitative estimate of drug-likeness (QED) is 0.646. The highest BCUT2D eigenvalue weighted by molar-refractivity contribution is 6.69. The molecule has 1 saturated carbocycles. The van der Waals surface area contributed by atoms with Gasteiger partial charge in [-0.3, -0.25) is 0 Å². The van der Waals surface area contributed by atoms with Crippen LogP contribution in [-0.2, 0) is 4.43 Å². The average molecular weight is 228 g/mol. The van der Waals surface area contributed by atoms with Gasteiger partial charge in [-0.05, 0) is 57.2 Å². The Bertz CT molecular complexity index is 177. The monoisotopic (exact) mass is 228 g/mol. The van der Waals surface area contributed by atoms with E-state index in [0.717, 1.165) is 11.8 Å². The maximum atomic E-state index is 6.18. The fourth-order valence-corrected chi connectivity index (χ4v) is 3.84. The molecule has 90 valence electrons. The van der Waals surface area contributed by atoms with Gasteiger partial charge >= 0.3 is 0 Å². The lowest BCUT2D eigenvalue weighted by Crippen LogP contribution is -2.35. The van der Waals surface area contributed by atoms with Gasteiger partial charge in [-0.2, -0.15) is 0 Å². The highest BCUT2D eigenvalue weighted by atomic mass is 28.4. The minimum absolute atomic E-state index is 0.581. The smallest absolute Gasteiger partial charge is 0.184 e. The summed E-state index contributed by atoms with van der Waals surface area (Å²) in [4.78, 5) is 0. The molecule has 0 heterocycles. The van der Waals surface area contributed by atoms with Gasteiger partial charge in [0.2, 0.25) is 0 Å². The SMILES string of the molecule is CCC(C)C1CCC(O[Si](C)(C)C)CC1. The Morgan fingerprint density at radius 3 is 2.07 bits per heavy atom. The zero-order valence-electron chi connectivity index (χ0n) is 11.2. The molecule has 1 rings (SSSR count). The van der Waals surface area contributed by atoms with Crippen LogP contribution in [0.1, 0.15) is 46.0 Å². The molecule has 0 saturated heterocycles. The van der Waals surface area contributed by atoms with Crippen molar-refractivity contribution < 1.29 is 4.43 Å². The Labute approximate surface area is 96.7 Å². The highest BCUT2D eigenvalue weighted by Gasteiger charge is 2.28. The minimum atomic E-state index is -1.30. The van der Waals surface area contributed by atoms with E-state index in [4.69, 9.17) is 4.43 Å². The average Bonchev–Trinajstić information content (AvgIpc) is 2.15. The summed E-state index contributed by atoms with van der Waals surface area (Å²) < 4.78 is 6.18. The predicted molar refractivity (Wildman–Crippen MR) is 69.6 cm³/mol. The van der Waals surface area contributed by atoms with Crippen molar-refractivity contribution in [1.29, 1.82) is 0 Å². The van der Waals surface area contributed by atoms with Crippen molar-refractivity contribution in [2.24, 2.45) is 11.8 Å². The molecule has 1 unspecified atom stereocenters. The van der Waals surface area contributed by atoms with Crippen LogP contribution in [0.25, 0.3) is 0 Å². The van der Waals surface area contributed by atoms with Crippen molar-refractivity contribution in [2.45, 2.75) is 71.7 Å². The van der Waals surface area contributed by atoms with E-state index in [1.165, 1.54) is 32.1 Å². The lowest BCUT2D eigenvalue weighted by molar-refractivity contribution is 0.107. The molecule has 1 nitrogen and oxygen atoms in total. The van der Waals surface area contributed by atoms with E-state index in [-0.39, 0.29) is 0 Å². The fraction of sp³-hybridized carbons (Fsp3) is 1.00. The molecule has 1 fully saturated rings. The lowest BCUT2D eigenvalue weighted by Gasteiger charge is -2.35. The van der Waals surface area contributed by atoms with Crippen LogP contribution >= 0.6 is 0 Å². The molecule has 0 aliphatic heterocycles. The molecule has 0 bridgehead atoms. The van der Waals surface area contributed by atoms with Gasteiger partial charge in [-0.25, -0.2) is 0 Å². The third kappa shape index (κ3) is 4.69. The van der Waals surface area contributed by atoms with Gasteiger partial charge in [0.25, 0.3) is 0 Å². The van der Waals surface area contributed by atoms with E-state index in [2.05, 4.69) is 33.5 Å². The third-order valence-electron chi connectivity index (χ3n) is 3.69. The van der Waals surface area contributed by atoms with Crippen molar-refractivity contribution in [3.05, 3.63) is 0 Å². The second kappa shape index (κ2) is 5.49. The van der Waals surface area contributed by atoms with Crippen LogP contribution in [-0.4, -0.2) is 14.4 Å². The molecule has 0 N–H and O–H groups in total. The number of hydrogen-bond donors (Lipinski definition) is 0. The van der Waals surface area contributed by atoms with Crippen LogP contribution < -0.4 is 0 Å². The van der Waals surface area contributed by atoms with Gasteiger partial charge in [0.1, 0.15) is 0 Å². The second-order valence-corrected chi connectivity index (χ2v) is 10.6. The molecule has 0 spiro atoms. The van der Waals surface area contributed by atoms with Crippen LogP contribution in [0.2, 0.25) is 19.6 Å². The first kappa shape index (κ1) is 13.2. The highest BCUT2D eigenvalue weighted by Crippen LogP contribution is 2.33. The minimum Gasteiger partial charge on any atom is -0.415 e. The van der Waals surface area contributed by atoms with E-state index in [1.54, 1.807) is 0 Å². The van der Waals surface area contributed by atoms with Crippen molar-refractivity contribution >= 4 is 8.32 Å². The summed E-state index contributed by atoms with van der Waals surface area (Å²) >= 11 is 0. The van der Waals surface area contributed by atoms with Crippen LogP contribution in [0, 0.1) is 11.8 Å². The van der Waals surface area contributed by atoms with Crippen molar-refractivity contribution in [1.82, 2.24) is 0 Å². The van der Waals surface area contributed by atoms with Crippen molar-refractivity contribution in [2.75, 3.05) is 0 Å². The van der Waals surface area contributed by atoms with Crippen LogP contribution in [0.15, 0.2) is 0 Å². The van der Waals surface area contributed by atoms with Gasteiger partial charge in [-0.15, -0.1) is 0 Å². The Morgan fingerprint density at radius 2 is 1.67 bits per heavy atom. The van der Waals surface area contributed by atoms with Crippen LogP contribution in [0.4, 0.5) is 0 Å². The van der Waals surface area contributed by atoms with E-state index in [9.17, 15) is 0 Å². The summed E-state index contributed by atoms with van der Waals surface area (Å²) in [6.45, 7) is 11.6. The van der Waals surface area contributed by atoms with E-state index >= 15 is 0 Å². The molecule has 2 heteroatoms. The molecule has 1 aliphatic rings. The normalized spacial score (nSPS) is 30.2. The largest absolute Gasteiger partial charge is 0.415 e. The van der Waals surface area contributed by atoms with Gasteiger partial charge in [0.05, 0.1) is 0 Å². The summed E-state index contributed by atoms with van der Waals surface area (Å²) in [7, 11) is -1.30. The maximum absolute atomic E-state index is 6.18. The molecule has 0 aromatic carbocycles. The molecule has 15 heavy (non-hydrogen) atoms. The first-order chi connectivity index (χ1) is 6.92. The third-order valence-corrected chi connectivity index (χ3v) is 4.73. The molecule has 1 aliphatic carbocycles. The lowest BCUT2D eigenvalue weighted by atomic mass is 9.79. The summed E-state index contributed by atoms with van der Waals surface area (Å²) in [5.41, 5.74) is 0. The Hall–Kier alpha value is 0.177. The zero-order chi connectivity index (χ0) is 11.5. The molecule has 0 aromatic rings. The number of rotatable bonds is 4. The maximum Gasteiger partial charge on any atom is 0.184 e. The Morgan fingerprint density at radius 1 is 1.13 bits per heavy atom. The molecule has 0 aromatic heterocycles. The van der Waals surface area contributed by atoms with E-state index in [0.29, 0.717) is 6.10 Å². The van der Waals surface area contributed by atoms with Crippen LogP contribution in [0.5, 0.6) is 0 Å².